The summed E-state index contributed by atoms with van der Waals surface area (Å²) in [6, 6.07) is 3.76. The van der Waals surface area contributed by atoms with E-state index in [0.29, 0.717) is 30.2 Å². The molecule has 2 bridgehead atoms. The van der Waals surface area contributed by atoms with E-state index in [0.717, 1.165) is 5.56 Å². The van der Waals surface area contributed by atoms with Crippen molar-refractivity contribution >= 4 is 11.8 Å². The average molecular weight is 280 g/mol. The highest BCUT2D eigenvalue weighted by Gasteiger charge is 2.66. The van der Waals surface area contributed by atoms with E-state index in [1.165, 1.54) is 11.3 Å². The predicted octanol–water partition coefficient (Wildman–Crippen LogP) is 1.63. The lowest BCUT2D eigenvalue weighted by Crippen LogP contribution is -2.40. The van der Waals surface area contributed by atoms with Crippen LogP contribution in [0.4, 0.5) is 0 Å². The van der Waals surface area contributed by atoms with E-state index in [1.54, 1.807) is 12.4 Å². The third kappa shape index (κ3) is 1.42. The Kier molecular flexibility index (Phi) is 2.12. The van der Waals surface area contributed by atoms with Crippen LogP contribution in [0.2, 0.25) is 0 Å². The van der Waals surface area contributed by atoms with Crippen LogP contribution in [-0.4, -0.2) is 21.7 Å². The molecule has 0 radical (unpaired) electrons. The van der Waals surface area contributed by atoms with Crippen LogP contribution < -0.4 is 0 Å². The molecule has 6 rings (SSSR count). The molecule has 1 aliphatic heterocycles. The van der Waals surface area contributed by atoms with Crippen molar-refractivity contribution in [1.29, 1.82) is 0 Å². The minimum atomic E-state index is -0.0899. The molecule has 0 N–H and O–H groups in total. The molecular formula is C17H16N2O2. The van der Waals surface area contributed by atoms with Gasteiger partial charge in [-0.3, -0.25) is 19.5 Å². The van der Waals surface area contributed by atoms with Crippen LogP contribution in [0.3, 0.4) is 0 Å². The molecule has 6 atom stereocenters. The fourth-order valence-electron chi connectivity index (χ4n) is 4.85. The largest absolute Gasteiger partial charge is 0.278 e. The highest BCUT2D eigenvalue weighted by Crippen LogP contribution is 2.65. The maximum Gasteiger partial charge on any atom is 0.234 e. The zero-order valence-electron chi connectivity index (χ0n) is 11.6. The van der Waals surface area contributed by atoms with Crippen molar-refractivity contribution in [3.63, 3.8) is 0 Å². The number of rotatable bonds is 2. The third-order valence-electron chi connectivity index (χ3n) is 5.82. The van der Waals surface area contributed by atoms with Gasteiger partial charge in [0.25, 0.3) is 0 Å². The quantitative estimate of drug-likeness (QED) is 0.611. The summed E-state index contributed by atoms with van der Waals surface area (Å²) in [5.74, 6) is 1.84. The zero-order valence-corrected chi connectivity index (χ0v) is 11.6. The number of likely N-dealkylation sites (tertiary alicyclic amines) is 1. The van der Waals surface area contributed by atoms with E-state index >= 15 is 0 Å². The molecular weight excluding hydrogens is 264 g/mol. The topological polar surface area (TPSA) is 50.3 Å². The molecule has 2 amide bonds. The number of hydrogen-bond donors (Lipinski definition) is 0. The Morgan fingerprint density at radius 2 is 1.76 bits per heavy atom. The summed E-state index contributed by atoms with van der Waals surface area (Å²) >= 11 is 0. The van der Waals surface area contributed by atoms with Crippen molar-refractivity contribution in [2.45, 2.75) is 13.0 Å². The van der Waals surface area contributed by atoms with Gasteiger partial charge in [-0.15, -0.1) is 0 Å². The highest BCUT2D eigenvalue weighted by molar-refractivity contribution is 6.06. The van der Waals surface area contributed by atoms with Crippen LogP contribution in [0.1, 0.15) is 12.0 Å². The fourth-order valence-corrected chi connectivity index (χ4v) is 4.85. The van der Waals surface area contributed by atoms with Gasteiger partial charge in [-0.2, -0.15) is 0 Å². The second kappa shape index (κ2) is 3.81. The normalized spacial score (nSPS) is 42.2. The van der Waals surface area contributed by atoms with Crippen molar-refractivity contribution in [3.8, 4) is 0 Å². The molecule has 4 nitrogen and oxygen atoms in total. The van der Waals surface area contributed by atoms with Crippen LogP contribution in [0.5, 0.6) is 0 Å². The van der Waals surface area contributed by atoms with Gasteiger partial charge in [0, 0.05) is 12.4 Å². The number of carbonyl (C=O) groups is 2. The number of aromatic nitrogens is 1. The molecule has 1 aromatic heterocycles. The zero-order chi connectivity index (χ0) is 14.1. The molecule has 4 heteroatoms. The van der Waals surface area contributed by atoms with Crippen LogP contribution in [0, 0.1) is 35.5 Å². The summed E-state index contributed by atoms with van der Waals surface area (Å²) in [5.41, 5.74) is 0.920. The minimum Gasteiger partial charge on any atom is -0.278 e. The molecule has 1 saturated heterocycles. The summed E-state index contributed by atoms with van der Waals surface area (Å²) in [5, 5.41) is 0. The molecule has 5 aliphatic rings. The lowest BCUT2D eigenvalue weighted by atomic mass is 9.63. The summed E-state index contributed by atoms with van der Waals surface area (Å²) < 4.78 is 0. The van der Waals surface area contributed by atoms with E-state index in [4.69, 9.17) is 0 Å². The molecule has 2 heterocycles. The van der Waals surface area contributed by atoms with E-state index in [2.05, 4.69) is 17.1 Å². The van der Waals surface area contributed by atoms with Crippen molar-refractivity contribution in [2.24, 2.45) is 35.5 Å². The van der Waals surface area contributed by atoms with Crippen LogP contribution in [0.15, 0.2) is 36.7 Å². The second-order valence-electron chi connectivity index (χ2n) is 6.78. The third-order valence-corrected chi connectivity index (χ3v) is 5.82. The van der Waals surface area contributed by atoms with E-state index < -0.39 is 0 Å². The van der Waals surface area contributed by atoms with Gasteiger partial charge in [-0.25, -0.2) is 0 Å². The Morgan fingerprint density at radius 1 is 1.10 bits per heavy atom. The summed E-state index contributed by atoms with van der Waals surface area (Å²) in [6.07, 6.45) is 9.05. The molecule has 3 fully saturated rings. The monoisotopic (exact) mass is 280 g/mol. The Hall–Kier alpha value is -1.97. The van der Waals surface area contributed by atoms with Crippen molar-refractivity contribution in [2.75, 3.05) is 0 Å². The SMILES string of the molecule is O=C1[C@@H]2[C@H]3C=C[C@@H]([C@@H]4C[C@@H]34)[C@H]2C(=O)N1Cc1cccnc1. The molecule has 0 unspecified atom stereocenters. The van der Waals surface area contributed by atoms with E-state index in [9.17, 15) is 9.59 Å². The van der Waals surface area contributed by atoms with Gasteiger partial charge >= 0.3 is 0 Å². The van der Waals surface area contributed by atoms with Crippen molar-refractivity contribution in [1.82, 2.24) is 9.88 Å². The molecule has 21 heavy (non-hydrogen) atoms. The van der Waals surface area contributed by atoms with Crippen molar-refractivity contribution in [3.05, 3.63) is 42.2 Å². The highest BCUT2D eigenvalue weighted by atomic mass is 16.2. The molecule has 0 spiro atoms. The summed E-state index contributed by atoms with van der Waals surface area (Å²) in [6.45, 7) is 0.368. The van der Waals surface area contributed by atoms with Gasteiger partial charge in [0.05, 0.1) is 18.4 Å². The second-order valence-corrected chi connectivity index (χ2v) is 6.78. The molecule has 2 saturated carbocycles. The summed E-state index contributed by atoms with van der Waals surface area (Å²) in [4.78, 5) is 31.1. The molecule has 106 valence electrons. The van der Waals surface area contributed by atoms with Gasteiger partial charge in [0.15, 0.2) is 0 Å². The molecule has 0 aromatic carbocycles. The Bertz CT molecular complexity index is 633. The van der Waals surface area contributed by atoms with Gasteiger partial charge in [-0.1, -0.05) is 18.2 Å². The van der Waals surface area contributed by atoms with Gasteiger partial charge in [0.1, 0.15) is 0 Å². The average Bonchev–Trinajstić information content (AvgIpc) is 3.30. The lowest BCUT2D eigenvalue weighted by Gasteiger charge is -2.37. The maximum absolute atomic E-state index is 12.8. The smallest absolute Gasteiger partial charge is 0.234 e. The first-order chi connectivity index (χ1) is 10.3. The number of amides is 2. The Morgan fingerprint density at radius 3 is 2.33 bits per heavy atom. The number of carbonyl (C=O) groups excluding carboxylic acids is 2. The fraction of sp³-hybridized carbons (Fsp3) is 0.471. The summed E-state index contributed by atoms with van der Waals surface area (Å²) in [7, 11) is 0. The lowest BCUT2D eigenvalue weighted by molar-refractivity contribution is -0.140. The van der Waals surface area contributed by atoms with E-state index in [-0.39, 0.29) is 23.7 Å². The van der Waals surface area contributed by atoms with Gasteiger partial charge < -0.3 is 0 Å². The standard InChI is InChI=1S/C17H16N2O2/c20-16-14-10-3-4-11(13-6-12(10)13)15(14)17(21)19(16)8-9-2-1-5-18-7-9/h1-5,7,10-15H,6,8H2/t10-,11-,12-,13-,14+,15+/m0/s1. The Labute approximate surface area is 122 Å². The first-order valence-corrected chi connectivity index (χ1v) is 7.68. The minimum absolute atomic E-state index is 0.0403. The number of pyridine rings is 1. The first kappa shape index (κ1) is 11.7. The van der Waals surface area contributed by atoms with Crippen LogP contribution >= 0.6 is 0 Å². The van der Waals surface area contributed by atoms with Crippen molar-refractivity contribution < 1.29 is 9.59 Å². The number of hydrogen-bond acceptors (Lipinski definition) is 3. The van der Waals surface area contributed by atoms with Crippen LogP contribution in [-0.2, 0) is 16.1 Å². The van der Waals surface area contributed by atoms with Gasteiger partial charge in [0.2, 0.25) is 11.8 Å². The first-order valence-electron chi connectivity index (χ1n) is 7.68. The Balaban J connectivity index is 1.49. The maximum atomic E-state index is 12.8. The van der Waals surface area contributed by atoms with Gasteiger partial charge in [-0.05, 0) is 41.7 Å². The molecule has 4 aliphatic carbocycles. The number of imide groups is 1. The van der Waals surface area contributed by atoms with Crippen LogP contribution in [0.25, 0.3) is 0 Å². The molecule has 1 aromatic rings. The van der Waals surface area contributed by atoms with E-state index in [1.807, 2.05) is 12.1 Å². The number of nitrogens with zero attached hydrogens (tertiary/aromatic N) is 2. The number of allylic oxidation sites excluding steroid dienone is 2. The predicted molar refractivity (Wildman–Crippen MR) is 74.5 cm³/mol.